The summed E-state index contributed by atoms with van der Waals surface area (Å²) < 4.78 is 1.71. The number of nitrogens with zero attached hydrogens (tertiary/aromatic N) is 1. The lowest BCUT2D eigenvalue weighted by molar-refractivity contribution is 0.735. The Hall–Kier alpha value is -1.68. The Balaban J connectivity index is 1.99. The van der Waals surface area contributed by atoms with E-state index < -0.39 is 0 Å². The second kappa shape index (κ2) is 5.78. The molecule has 0 aliphatic carbocycles. The van der Waals surface area contributed by atoms with Gasteiger partial charge in [-0.05, 0) is 24.6 Å². The van der Waals surface area contributed by atoms with Gasteiger partial charge in [-0.1, -0.05) is 18.2 Å². The van der Waals surface area contributed by atoms with Crippen LogP contribution in [-0.4, -0.2) is 10.3 Å². The molecule has 0 radical (unpaired) electrons. The Morgan fingerprint density at radius 2 is 2.06 bits per heavy atom. The van der Waals surface area contributed by atoms with Gasteiger partial charge in [-0.15, -0.1) is 11.8 Å². The third kappa shape index (κ3) is 2.96. The van der Waals surface area contributed by atoms with Gasteiger partial charge in [0.2, 0.25) is 0 Å². The number of aromatic nitrogens is 1. The highest BCUT2D eigenvalue weighted by molar-refractivity contribution is 7.99. The Morgan fingerprint density at radius 1 is 1.22 bits per heavy atom. The molecule has 0 aliphatic heterocycles. The Bertz CT molecular complexity index is 592. The fourth-order valence-electron chi connectivity index (χ4n) is 1.68. The highest BCUT2D eigenvalue weighted by atomic mass is 32.2. The van der Waals surface area contributed by atoms with Crippen molar-refractivity contribution in [1.29, 1.82) is 0 Å². The summed E-state index contributed by atoms with van der Waals surface area (Å²) in [6.07, 6.45) is 1.81. The van der Waals surface area contributed by atoms with Crippen molar-refractivity contribution in [1.82, 2.24) is 4.57 Å². The lowest BCUT2D eigenvalue weighted by atomic mass is 10.2. The summed E-state index contributed by atoms with van der Waals surface area (Å²) in [6, 6.07) is 11.2. The van der Waals surface area contributed by atoms with E-state index in [4.69, 9.17) is 5.73 Å². The first-order chi connectivity index (χ1) is 8.68. The third-order valence-electron chi connectivity index (χ3n) is 2.77. The van der Waals surface area contributed by atoms with E-state index in [-0.39, 0.29) is 5.56 Å². The summed E-state index contributed by atoms with van der Waals surface area (Å²) in [5.74, 6) is 0.831. The highest BCUT2D eigenvalue weighted by Crippen LogP contribution is 2.27. The second-order valence-corrected chi connectivity index (χ2v) is 5.20. The molecule has 0 bridgehead atoms. The van der Waals surface area contributed by atoms with E-state index in [1.54, 1.807) is 28.5 Å². The molecule has 0 atom stereocenters. The van der Waals surface area contributed by atoms with Crippen LogP contribution in [0, 0.1) is 6.92 Å². The standard InChI is InChI=1S/C14H16N2OS/c1-11-5-4-6-12(14(11)15)18-10-9-16-8-3-2-7-13(16)17/h2-8H,9-10,15H2,1H3. The van der Waals surface area contributed by atoms with Crippen molar-refractivity contribution in [3.8, 4) is 0 Å². The zero-order chi connectivity index (χ0) is 13.0. The maximum Gasteiger partial charge on any atom is 0.250 e. The number of nitrogens with two attached hydrogens (primary N) is 1. The van der Waals surface area contributed by atoms with Gasteiger partial charge < -0.3 is 10.3 Å². The van der Waals surface area contributed by atoms with Gasteiger partial charge in [0.25, 0.3) is 5.56 Å². The number of aryl methyl sites for hydroxylation is 2. The Labute approximate surface area is 111 Å². The fraction of sp³-hybridized carbons (Fsp3) is 0.214. The van der Waals surface area contributed by atoms with Crippen LogP contribution in [0.3, 0.4) is 0 Å². The summed E-state index contributed by atoms with van der Waals surface area (Å²) in [4.78, 5) is 12.6. The molecule has 0 saturated carbocycles. The summed E-state index contributed by atoms with van der Waals surface area (Å²) in [5, 5.41) is 0. The topological polar surface area (TPSA) is 48.0 Å². The van der Waals surface area contributed by atoms with Gasteiger partial charge in [0.1, 0.15) is 0 Å². The summed E-state index contributed by atoms with van der Waals surface area (Å²) in [6.45, 7) is 2.69. The summed E-state index contributed by atoms with van der Waals surface area (Å²) in [7, 11) is 0. The van der Waals surface area contributed by atoms with Crippen molar-refractivity contribution < 1.29 is 0 Å². The lowest BCUT2D eigenvalue weighted by Gasteiger charge is -2.08. The largest absolute Gasteiger partial charge is 0.398 e. The number of benzene rings is 1. The quantitative estimate of drug-likeness (QED) is 0.679. The minimum Gasteiger partial charge on any atom is -0.398 e. The van der Waals surface area contributed by atoms with Crippen LogP contribution in [-0.2, 0) is 6.54 Å². The molecule has 18 heavy (non-hydrogen) atoms. The first-order valence-corrected chi connectivity index (χ1v) is 6.80. The minimum atomic E-state index is 0.0373. The number of hydrogen-bond acceptors (Lipinski definition) is 3. The molecule has 0 aliphatic rings. The van der Waals surface area contributed by atoms with E-state index in [2.05, 4.69) is 0 Å². The van der Waals surface area contributed by atoms with Gasteiger partial charge in [0, 0.05) is 35.1 Å². The number of nitrogen functional groups attached to an aromatic ring is 1. The second-order valence-electron chi connectivity index (χ2n) is 4.07. The number of hydrogen-bond donors (Lipinski definition) is 1. The molecular weight excluding hydrogens is 244 g/mol. The molecule has 0 fully saturated rings. The van der Waals surface area contributed by atoms with Gasteiger partial charge >= 0.3 is 0 Å². The van der Waals surface area contributed by atoms with Crippen molar-refractivity contribution in [3.63, 3.8) is 0 Å². The average molecular weight is 260 g/mol. The van der Waals surface area contributed by atoms with Crippen LogP contribution in [0.15, 0.2) is 52.3 Å². The zero-order valence-corrected chi connectivity index (χ0v) is 11.1. The van der Waals surface area contributed by atoms with E-state index in [0.717, 1.165) is 21.9 Å². The number of para-hydroxylation sites is 1. The number of rotatable bonds is 4. The molecule has 1 aromatic heterocycles. The maximum absolute atomic E-state index is 11.5. The minimum absolute atomic E-state index is 0.0373. The van der Waals surface area contributed by atoms with Crippen molar-refractivity contribution in [2.24, 2.45) is 0 Å². The van der Waals surface area contributed by atoms with Crippen LogP contribution in [0.4, 0.5) is 5.69 Å². The Kier molecular flexibility index (Phi) is 4.10. The average Bonchev–Trinajstić information content (AvgIpc) is 2.37. The lowest BCUT2D eigenvalue weighted by Crippen LogP contribution is -2.18. The van der Waals surface area contributed by atoms with Crippen LogP contribution in [0.5, 0.6) is 0 Å². The Morgan fingerprint density at radius 3 is 2.83 bits per heavy atom. The van der Waals surface area contributed by atoms with E-state index >= 15 is 0 Å². The van der Waals surface area contributed by atoms with Gasteiger partial charge in [-0.3, -0.25) is 4.79 Å². The van der Waals surface area contributed by atoms with Crippen molar-refractivity contribution in [2.75, 3.05) is 11.5 Å². The molecule has 2 aromatic rings. The predicted molar refractivity (Wildman–Crippen MR) is 77.0 cm³/mol. The smallest absolute Gasteiger partial charge is 0.250 e. The van der Waals surface area contributed by atoms with E-state index in [9.17, 15) is 4.79 Å². The molecule has 1 aromatic carbocycles. The van der Waals surface area contributed by atoms with Crippen molar-refractivity contribution in [2.45, 2.75) is 18.4 Å². The first kappa shape index (κ1) is 12.8. The highest BCUT2D eigenvalue weighted by Gasteiger charge is 2.02. The van der Waals surface area contributed by atoms with Crippen LogP contribution in [0.25, 0.3) is 0 Å². The zero-order valence-electron chi connectivity index (χ0n) is 10.3. The number of pyridine rings is 1. The molecule has 2 rings (SSSR count). The van der Waals surface area contributed by atoms with Gasteiger partial charge in [-0.2, -0.15) is 0 Å². The van der Waals surface area contributed by atoms with Crippen LogP contribution in [0.2, 0.25) is 0 Å². The van der Waals surface area contributed by atoms with Gasteiger partial charge in [0.15, 0.2) is 0 Å². The van der Waals surface area contributed by atoms with Crippen molar-refractivity contribution in [3.05, 3.63) is 58.5 Å². The van der Waals surface area contributed by atoms with Crippen LogP contribution in [0.1, 0.15) is 5.56 Å². The molecule has 0 unspecified atom stereocenters. The van der Waals surface area contributed by atoms with Gasteiger partial charge in [-0.25, -0.2) is 0 Å². The first-order valence-electron chi connectivity index (χ1n) is 5.82. The predicted octanol–water partition coefficient (Wildman–Crippen LogP) is 2.53. The van der Waals surface area contributed by atoms with E-state index in [1.807, 2.05) is 37.4 Å². The molecule has 3 nitrogen and oxygen atoms in total. The van der Waals surface area contributed by atoms with E-state index in [0.29, 0.717) is 6.54 Å². The molecule has 0 amide bonds. The van der Waals surface area contributed by atoms with Crippen LogP contribution < -0.4 is 11.3 Å². The summed E-state index contributed by atoms with van der Waals surface area (Å²) in [5.41, 5.74) is 7.97. The SMILES string of the molecule is Cc1cccc(SCCn2ccccc2=O)c1N. The van der Waals surface area contributed by atoms with Crippen LogP contribution >= 0.6 is 11.8 Å². The van der Waals surface area contributed by atoms with Gasteiger partial charge in [0.05, 0.1) is 0 Å². The maximum atomic E-state index is 11.5. The molecular formula is C14H16N2OS. The fourth-order valence-corrected chi connectivity index (χ4v) is 2.68. The molecule has 0 saturated heterocycles. The van der Waals surface area contributed by atoms with Crippen molar-refractivity contribution >= 4 is 17.4 Å². The molecule has 1 heterocycles. The van der Waals surface area contributed by atoms with E-state index in [1.165, 1.54) is 0 Å². The molecule has 94 valence electrons. The molecule has 0 spiro atoms. The summed E-state index contributed by atoms with van der Waals surface area (Å²) >= 11 is 1.68. The number of anilines is 1. The monoisotopic (exact) mass is 260 g/mol. The normalized spacial score (nSPS) is 10.5. The number of thioether (sulfide) groups is 1. The molecule has 4 heteroatoms. The third-order valence-corrected chi connectivity index (χ3v) is 3.83. The molecule has 2 N–H and O–H groups in total.